The smallest absolute Gasteiger partial charge is 0.221 e. The standard InChI is InChI=1S/C15H17NO2/c1-9(17)16-11-7-5-10(6-8-11)15(18)14-12-3-2-4-13(12)14/h5-8,12-14H,2-4H2,1H3,(H,16,17). The lowest BCUT2D eigenvalue weighted by molar-refractivity contribution is -0.114. The Bertz CT molecular complexity index is 482. The molecule has 0 spiro atoms. The third kappa shape index (κ3) is 1.94. The van der Waals surface area contributed by atoms with Crippen LogP contribution in [0.5, 0.6) is 0 Å². The Morgan fingerprint density at radius 3 is 2.28 bits per heavy atom. The first-order valence-corrected chi connectivity index (χ1v) is 6.58. The number of hydrogen-bond donors (Lipinski definition) is 1. The number of rotatable bonds is 3. The van der Waals surface area contributed by atoms with Gasteiger partial charge in [0.1, 0.15) is 0 Å². The van der Waals surface area contributed by atoms with E-state index in [0.29, 0.717) is 17.6 Å². The minimum Gasteiger partial charge on any atom is -0.326 e. The van der Waals surface area contributed by atoms with E-state index in [0.717, 1.165) is 11.3 Å². The molecule has 2 aliphatic carbocycles. The summed E-state index contributed by atoms with van der Waals surface area (Å²) in [5.74, 6) is 1.80. The van der Waals surface area contributed by atoms with Crippen molar-refractivity contribution >= 4 is 17.4 Å². The van der Waals surface area contributed by atoms with E-state index in [2.05, 4.69) is 5.32 Å². The van der Waals surface area contributed by atoms with Crippen molar-refractivity contribution in [3.05, 3.63) is 29.8 Å². The van der Waals surface area contributed by atoms with E-state index in [-0.39, 0.29) is 11.8 Å². The summed E-state index contributed by atoms with van der Waals surface area (Å²) in [6.45, 7) is 1.48. The summed E-state index contributed by atoms with van der Waals surface area (Å²) in [4.78, 5) is 23.2. The van der Waals surface area contributed by atoms with E-state index in [1.165, 1.54) is 26.2 Å². The van der Waals surface area contributed by atoms with E-state index in [1.54, 1.807) is 12.1 Å². The molecule has 2 saturated carbocycles. The van der Waals surface area contributed by atoms with Gasteiger partial charge in [-0.3, -0.25) is 9.59 Å². The van der Waals surface area contributed by atoms with E-state index in [9.17, 15) is 9.59 Å². The van der Waals surface area contributed by atoms with E-state index in [4.69, 9.17) is 0 Å². The molecule has 0 saturated heterocycles. The molecule has 1 aromatic carbocycles. The van der Waals surface area contributed by atoms with E-state index in [1.807, 2.05) is 12.1 Å². The molecule has 3 heteroatoms. The van der Waals surface area contributed by atoms with Crippen LogP contribution in [0.15, 0.2) is 24.3 Å². The molecule has 1 amide bonds. The minimum absolute atomic E-state index is 0.0919. The lowest BCUT2D eigenvalue weighted by Crippen LogP contribution is -2.08. The fourth-order valence-corrected chi connectivity index (χ4v) is 3.32. The number of ketones is 1. The Morgan fingerprint density at radius 1 is 1.11 bits per heavy atom. The highest BCUT2D eigenvalue weighted by atomic mass is 16.1. The van der Waals surface area contributed by atoms with E-state index < -0.39 is 0 Å². The van der Waals surface area contributed by atoms with Crippen LogP contribution in [0, 0.1) is 17.8 Å². The van der Waals surface area contributed by atoms with Crippen molar-refractivity contribution in [2.24, 2.45) is 17.8 Å². The third-order valence-electron chi connectivity index (χ3n) is 4.20. The molecule has 0 aliphatic heterocycles. The molecule has 0 radical (unpaired) electrons. The summed E-state index contributed by atoms with van der Waals surface area (Å²) in [5.41, 5.74) is 1.53. The highest BCUT2D eigenvalue weighted by molar-refractivity contribution is 6.00. The predicted molar refractivity (Wildman–Crippen MR) is 69.4 cm³/mol. The van der Waals surface area contributed by atoms with Crippen molar-refractivity contribution in [2.45, 2.75) is 26.2 Å². The highest BCUT2D eigenvalue weighted by Gasteiger charge is 2.56. The third-order valence-corrected chi connectivity index (χ3v) is 4.20. The maximum absolute atomic E-state index is 12.3. The van der Waals surface area contributed by atoms with Crippen molar-refractivity contribution in [3.8, 4) is 0 Å². The number of amides is 1. The van der Waals surface area contributed by atoms with Crippen molar-refractivity contribution in [1.82, 2.24) is 0 Å². The number of anilines is 1. The van der Waals surface area contributed by atoms with Crippen LogP contribution in [-0.2, 0) is 4.79 Å². The Balaban J connectivity index is 1.69. The first-order valence-electron chi connectivity index (χ1n) is 6.58. The predicted octanol–water partition coefficient (Wildman–Crippen LogP) is 2.87. The second kappa shape index (κ2) is 4.23. The van der Waals surface area contributed by atoms with Crippen LogP contribution in [0.2, 0.25) is 0 Å². The molecular weight excluding hydrogens is 226 g/mol. The molecular formula is C15H17NO2. The topological polar surface area (TPSA) is 46.2 Å². The quantitative estimate of drug-likeness (QED) is 0.830. The lowest BCUT2D eigenvalue weighted by Gasteiger charge is -2.05. The molecule has 2 aliphatic rings. The van der Waals surface area contributed by atoms with Gasteiger partial charge in [-0.2, -0.15) is 0 Å². The lowest BCUT2D eigenvalue weighted by atomic mass is 10.0. The number of hydrogen-bond acceptors (Lipinski definition) is 2. The first kappa shape index (κ1) is 11.5. The normalized spacial score (nSPS) is 28.6. The zero-order valence-corrected chi connectivity index (χ0v) is 10.5. The molecule has 18 heavy (non-hydrogen) atoms. The van der Waals surface area contributed by atoms with Crippen molar-refractivity contribution in [1.29, 1.82) is 0 Å². The van der Waals surface area contributed by atoms with Gasteiger partial charge in [0.05, 0.1) is 0 Å². The van der Waals surface area contributed by atoms with Crippen molar-refractivity contribution in [2.75, 3.05) is 5.32 Å². The Morgan fingerprint density at radius 2 is 1.72 bits per heavy atom. The summed E-state index contributed by atoms with van der Waals surface area (Å²) in [6.07, 6.45) is 3.75. The van der Waals surface area contributed by atoms with Gasteiger partial charge in [-0.25, -0.2) is 0 Å². The number of Topliss-reactive ketones (excluding diaryl/α,β-unsaturated/α-hetero) is 1. The fraction of sp³-hybridized carbons (Fsp3) is 0.467. The molecule has 2 unspecified atom stereocenters. The fourth-order valence-electron chi connectivity index (χ4n) is 3.32. The van der Waals surface area contributed by atoms with Crippen molar-refractivity contribution < 1.29 is 9.59 Å². The minimum atomic E-state index is -0.0919. The molecule has 3 rings (SSSR count). The second-order valence-corrected chi connectivity index (χ2v) is 5.41. The van der Waals surface area contributed by atoms with Gasteiger partial charge in [0.2, 0.25) is 5.91 Å². The first-order chi connectivity index (χ1) is 8.66. The van der Waals surface area contributed by atoms with E-state index >= 15 is 0 Å². The molecule has 2 fully saturated rings. The zero-order valence-electron chi connectivity index (χ0n) is 10.5. The SMILES string of the molecule is CC(=O)Nc1ccc(C(=O)C2C3CCCC32)cc1. The second-order valence-electron chi connectivity index (χ2n) is 5.41. The largest absolute Gasteiger partial charge is 0.326 e. The van der Waals surface area contributed by atoms with Crippen LogP contribution < -0.4 is 5.32 Å². The molecule has 0 aromatic heterocycles. The van der Waals surface area contributed by atoms with Gasteiger partial charge in [0.25, 0.3) is 0 Å². The van der Waals surface area contributed by atoms with Gasteiger partial charge in [-0.05, 0) is 48.9 Å². The van der Waals surface area contributed by atoms with Gasteiger partial charge in [-0.1, -0.05) is 6.42 Å². The Hall–Kier alpha value is -1.64. The van der Waals surface area contributed by atoms with Crippen LogP contribution in [0.25, 0.3) is 0 Å². The zero-order chi connectivity index (χ0) is 12.7. The molecule has 0 heterocycles. The van der Waals surface area contributed by atoms with Gasteiger partial charge < -0.3 is 5.32 Å². The summed E-state index contributed by atoms with van der Waals surface area (Å²) >= 11 is 0. The Kier molecular flexibility index (Phi) is 2.69. The van der Waals surface area contributed by atoms with Crippen molar-refractivity contribution in [3.63, 3.8) is 0 Å². The monoisotopic (exact) mass is 243 g/mol. The summed E-state index contributed by atoms with van der Waals surface area (Å²) < 4.78 is 0. The number of nitrogens with one attached hydrogen (secondary N) is 1. The average molecular weight is 243 g/mol. The van der Waals surface area contributed by atoms with Crippen LogP contribution in [0.3, 0.4) is 0 Å². The Labute approximate surface area is 107 Å². The molecule has 3 nitrogen and oxygen atoms in total. The maximum Gasteiger partial charge on any atom is 0.221 e. The number of carbonyl (C=O) groups is 2. The maximum atomic E-state index is 12.3. The van der Waals surface area contributed by atoms with Crippen LogP contribution >= 0.6 is 0 Å². The molecule has 2 atom stereocenters. The van der Waals surface area contributed by atoms with Crippen LogP contribution in [0.1, 0.15) is 36.5 Å². The van der Waals surface area contributed by atoms with Crippen LogP contribution in [-0.4, -0.2) is 11.7 Å². The van der Waals surface area contributed by atoms with Gasteiger partial charge in [0, 0.05) is 24.1 Å². The molecule has 1 N–H and O–H groups in total. The van der Waals surface area contributed by atoms with Gasteiger partial charge in [0.15, 0.2) is 5.78 Å². The molecule has 1 aromatic rings. The summed E-state index contributed by atoms with van der Waals surface area (Å²) in [7, 11) is 0. The van der Waals surface area contributed by atoms with Crippen LogP contribution in [0.4, 0.5) is 5.69 Å². The molecule has 0 bridgehead atoms. The number of fused-ring (bicyclic) bond motifs is 1. The van der Waals surface area contributed by atoms with Gasteiger partial charge in [-0.15, -0.1) is 0 Å². The number of carbonyl (C=O) groups excluding carboxylic acids is 2. The van der Waals surface area contributed by atoms with Gasteiger partial charge >= 0.3 is 0 Å². The summed E-state index contributed by atoms with van der Waals surface area (Å²) in [5, 5.41) is 2.71. The number of benzene rings is 1. The summed E-state index contributed by atoms with van der Waals surface area (Å²) in [6, 6.07) is 7.24. The average Bonchev–Trinajstić information content (AvgIpc) is 2.81. The molecule has 94 valence electrons. The highest BCUT2D eigenvalue weighted by Crippen LogP contribution is 2.58.